The van der Waals surface area contributed by atoms with E-state index in [1.54, 1.807) is 0 Å². The topological polar surface area (TPSA) is 29.3 Å². The van der Waals surface area contributed by atoms with Crippen LogP contribution in [0.1, 0.15) is 19.4 Å². The fourth-order valence-corrected chi connectivity index (χ4v) is 2.33. The zero-order valence-electron chi connectivity index (χ0n) is 11.3. The quantitative estimate of drug-likeness (QED) is 0.873. The Balaban J connectivity index is 2.30. The van der Waals surface area contributed by atoms with Crippen LogP contribution in [-0.4, -0.2) is 24.0 Å². The van der Waals surface area contributed by atoms with Crippen molar-refractivity contribution < 1.29 is 0 Å². The first-order valence-corrected chi connectivity index (χ1v) is 6.63. The summed E-state index contributed by atoms with van der Waals surface area (Å²) in [6.07, 6.45) is 0. The molecule has 0 aliphatic carbocycles. The highest BCUT2D eigenvalue weighted by molar-refractivity contribution is 5.85. The maximum absolute atomic E-state index is 5.69. The van der Waals surface area contributed by atoms with Crippen LogP contribution >= 0.6 is 0 Å². The van der Waals surface area contributed by atoms with E-state index in [4.69, 9.17) is 5.73 Å². The van der Waals surface area contributed by atoms with Crippen LogP contribution in [0.4, 0.5) is 0 Å². The molecule has 2 N–H and O–H groups in total. The summed E-state index contributed by atoms with van der Waals surface area (Å²) in [5, 5.41) is 2.66. The van der Waals surface area contributed by atoms with Crippen LogP contribution in [0.15, 0.2) is 42.5 Å². The number of benzene rings is 2. The normalized spacial score (nSPS) is 11.6. The molecular weight excluding hydrogens is 220 g/mol. The van der Waals surface area contributed by atoms with Crippen molar-refractivity contribution in [2.24, 2.45) is 5.73 Å². The van der Waals surface area contributed by atoms with Gasteiger partial charge in [-0.3, -0.25) is 4.90 Å². The minimum absolute atomic E-state index is 0.521. The summed E-state index contributed by atoms with van der Waals surface area (Å²) in [6, 6.07) is 15.6. The lowest BCUT2D eigenvalue weighted by Crippen LogP contribution is -2.34. The van der Waals surface area contributed by atoms with Gasteiger partial charge in [-0.25, -0.2) is 0 Å². The van der Waals surface area contributed by atoms with E-state index in [0.29, 0.717) is 12.6 Å². The fourth-order valence-electron chi connectivity index (χ4n) is 2.33. The van der Waals surface area contributed by atoms with E-state index in [1.165, 1.54) is 16.3 Å². The highest BCUT2D eigenvalue weighted by Gasteiger charge is 2.10. The molecule has 0 radical (unpaired) electrons. The molecular formula is C16H22N2. The van der Waals surface area contributed by atoms with Crippen LogP contribution in [0.2, 0.25) is 0 Å². The molecule has 2 aromatic carbocycles. The highest BCUT2D eigenvalue weighted by Crippen LogP contribution is 2.20. The van der Waals surface area contributed by atoms with Crippen molar-refractivity contribution in [1.82, 2.24) is 4.90 Å². The van der Waals surface area contributed by atoms with E-state index in [1.807, 2.05) is 0 Å². The number of nitrogens with zero attached hydrogens (tertiary/aromatic N) is 1. The summed E-state index contributed by atoms with van der Waals surface area (Å²) in [5.74, 6) is 0. The molecule has 0 bridgehead atoms. The Labute approximate surface area is 109 Å². The van der Waals surface area contributed by atoms with Crippen molar-refractivity contribution in [3.05, 3.63) is 48.0 Å². The molecule has 2 heteroatoms. The van der Waals surface area contributed by atoms with E-state index >= 15 is 0 Å². The summed E-state index contributed by atoms with van der Waals surface area (Å²) in [7, 11) is 0. The molecule has 2 nitrogen and oxygen atoms in total. The predicted octanol–water partition coefficient (Wildman–Crippen LogP) is 3.01. The van der Waals surface area contributed by atoms with Crippen molar-refractivity contribution in [2.45, 2.75) is 26.4 Å². The van der Waals surface area contributed by atoms with E-state index < -0.39 is 0 Å². The Morgan fingerprint density at radius 2 is 1.78 bits per heavy atom. The van der Waals surface area contributed by atoms with Crippen LogP contribution in [0.3, 0.4) is 0 Å². The first kappa shape index (κ1) is 13.1. The van der Waals surface area contributed by atoms with Gasteiger partial charge in [-0.05, 0) is 30.2 Å². The van der Waals surface area contributed by atoms with E-state index in [2.05, 4.69) is 61.2 Å². The first-order valence-electron chi connectivity index (χ1n) is 6.63. The maximum Gasteiger partial charge on any atom is 0.0243 e. The van der Waals surface area contributed by atoms with Gasteiger partial charge < -0.3 is 5.73 Å². The van der Waals surface area contributed by atoms with Gasteiger partial charge in [0.05, 0.1) is 0 Å². The SMILES string of the molecule is CC(C)N(CCN)Cc1cccc2ccccc12. The molecule has 0 spiro atoms. The lowest BCUT2D eigenvalue weighted by molar-refractivity contribution is 0.220. The molecule has 0 amide bonds. The van der Waals surface area contributed by atoms with Crippen molar-refractivity contribution in [1.29, 1.82) is 0 Å². The molecule has 0 atom stereocenters. The average molecular weight is 242 g/mol. The Hall–Kier alpha value is -1.38. The second-order valence-corrected chi connectivity index (χ2v) is 4.99. The molecule has 0 unspecified atom stereocenters. The molecule has 0 heterocycles. The average Bonchev–Trinajstić information content (AvgIpc) is 2.38. The molecule has 0 saturated heterocycles. The van der Waals surface area contributed by atoms with Gasteiger partial charge in [0, 0.05) is 25.7 Å². The third-order valence-corrected chi connectivity index (χ3v) is 3.40. The largest absolute Gasteiger partial charge is 0.329 e. The van der Waals surface area contributed by atoms with Crippen LogP contribution in [0, 0.1) is 0 Å². The van der Waals surface area contributed by atoms with E-state index in [-0.39, 0.29) is 0 Å². The van der Waals surface area contributed by atoms with Crippen molar-refractivity contribution in [3.63, 3.8) is 0 Å². The Kier molecular flexibility index (Phi) is 4.34. The molecule has 0 saturated carbocycles. The summed E-state index contributed by atoms with van der Waals surface area (Å²) in [4.78, 5) is 2.42. The Morgan fingerprint density at radius 3 is 2.50 bits per heavy atom. The molecule has 2 rings (SSSR count). The monoisotopic (exact) mass is 242 g/mol. The van der Waals surface area contributed by atoms with Crippen molar-refractivity contribution in [2.75, 3.05) is 13.1 Å². The minimum Gasteiger partial charge on any atom is -0.329 e. The van der Waals surface area contributed by atoms with Crippen LogP contribution < -0.4 is 5.73 Å². The fraction of sp³-hybridized carbons (Fsp3) is 0.375. The number of fused-ring (bicyclic) bond motifs is 1. The number of hydrogen-bond donors (Lipinski definition) is 1. The van der Waals surface area contributed by atoms with Crippen LogP contribution in [0.5, 0.6) is 0 Å². The smallest absolute Gasteiger partial charge is 0.0243 e. The second-order valence-electron chi connectivity index (χ2n) is 4.99. The summed E-state index contributed by atoms with van der Waals surface area (Å²) >= 11 is 0. The zero-order chi connectivity index (χ0) is 13.0. The minimum atomic E-state index is 0.521. The van der Waals surface area contributed by atoms with Gasteiger partial charge in [-0.2, -0.15) is 0 Å². The standard InChI is InChI=1S/C16H22N2/c1-13(2)18(11-10-17)12-15-8-5-7-14-6-3-4-9-16(14)15/h3-9,13H,10-12,17H2,1-2H3. The van der Waals surface area contributed by atoms with E-state index in [9.17, 15) is 0 Å². The van der Waals surface area contributed by atoms with Gasteiger partial charge in [0.1, 0.15) is 0 Å². The Morgan fingerprint density at radius 1 is 1.06 bits per heavy atom. The third-order valence-electron chi connectivity index (χ3n) is 3.40. The molecule has 96 valence electrons. The van der Waals surface area contributed by atoms with E-state index in [0.717, 1.165) is 13.1 Å². The van der Waals surface area contributed by atoms with Crippen molar-refractivity contribution in [3.8, 4) is 0 Å². The van der Waals surface area contributed by atoms with Gasteiger partial charge in [0.25, 0.3) is 0 Å². The maximum atomic E-state index is 5.69. The number of hydrogen-bond acceptors (Lipinski definition) is 2. The van der Waals surface area contributed by atoms with Crippen LogP contribution in [-0.2, 0) is 6.54 Å². The van der Waals surface area contributed by atoms with Gasteiger partial charge in [0.2, 0.25) is 0 Å². The van der Waals surface area contributed by atoms with Gasteiger partial charge >= 0.3 is 0 Å². The van der Waals surface area contributed by atoms with Crippen molar-refractivity contribution >= 4 is 10.8 Å². The lowest BCUT2D eigenvalue weighted by atomic mass is 10.0. The highest BCUT2D eigenvalue weighted by atomic mass is 15.1. The molecule has 0 fully saturated rings. The van der Waals surface area contributed by atoms with Gasteiger partial charge in [-0.15, -0.1) is 0 Å². The summed E-state index contributed by atoms with van der Waals surface area (Å²) in [5.41, 5.74) is 7.08. The second kappa shape index (κ2) is 5.98. The molecule has 0 aromatic heterocycles. The predicted molar refractivity (Wildman–Crippen MR) is 78.5 cm³/mol. The number of nitrogens with two attached hydrogens (primary N) is 1. The molecule has 0 aliphatic heterocycles. The summed E-state index contributed by atoms with van der Waals surface area (Å²) in [6.45, 7) is 7.07. The first-order chi connectivity index (χ1) is 8.72. The van der Waals surface area contributed by atoms with Gasteiger partial charge in [-0.1, -0.05) is 42.5 Å². The van der Waals surface area contributed by atoms with Gasteiger partial charge in [0.15, 0.2) is 0 Å². The third kappa shape index (κ3) is 2.89. The molecule has 18 heavy (non-hydrogen) atoms. The molecule has 0 aliphatic rings. The van der Waals surface area contributed by atoms with Crippen LogP contribution in [0.25, 0.3) is 10.8 Å². The molecule has 2 aromatic rings. The number of rotatable bonds is 5. The summed E-state index contributed by atoms with van der Waals surface area (Å²) < 4.78 is 0. The zero-order valence-corrected chi connectivity index (χ0v) is 11.3. The Bertz CT molecular complexity index is 500. The lowest BCUT2D eigenvalue weighted by Gasteiger charge is -2.26.